The van der Waals surface area contributed by atoms with E-state index in [1.54, 1.807) is 18.2 Å². The number of aromatic nitrogens is 1. The fourth-order valence-corrected chi connectivity index (χ4v) is 3.36. The zero-order valence-corrected chi connectivity index (χ0v) is 14.8. The van der Waals surface area contributed by atoms with Gasteiger partial charge in [-0.2, -0.15) is 0 Å². The van der Waals surface area contributed by atoms with Crippen LogP contribution >= 0.6 is 39.9 Å². The van der Waals surface area contributed by atoms with Gasteiger partial charge in [-0.05, 0) is 23.8 Å². The van der Waals surface area contributed by atoms with Crippen LogP contribution in [-0.2, 0) is 11.3 Å². The predicted molar refractivity (Wildman–Crippen MR) is 94.3 cm³/mol. The van der Waals surface area contributed by atoms with Gasteiger partial charge >= 0.3 is 5.97 Å². The van der Waals surface area contributed by atoms with Crippen molar-refractivity contribution in [3.8, 4) is 0 Å². The molecular weight excluding hydrogens is 405 g/mol. The second kappa shape index (κ2) is 6.95. The summed E-state index contributed by atoms with van der Waals surface area (Å²) in [4.78, 5) is 12.4. The summed E-state index contributed by atoms with van der Waals surface area (Å²) in [5.74, 6) is -0.588. The average Bonchev–Trinajstić information content (AvgIpc) is 2.84. The average molecular weight is 415 g/mol. The molecule has 1 heterocycles. The summed E-state index contributed by atoms with van der Waals surface area (Å²) < 4.78 is 20.4. The zero-order valence-electron chi connectivity index (χ0n) is 11.6. The Morgan fingerprint density at radius 3 is 2.70 bits per heavy atom. The van der Waals surface area contributed by atoms with Gasteiger partial charge in [0.25, 0.3) is 0 Å². The SMILES string of the molecule is O=C(OCc1ccccc1)c1c(Cl)n(SF)c2ccc(Br)cc12. The molecule has 3 nitrogen and oxygen atoms in total. The maximum atomic E-state index is 13.2. The van der Waals surface area contributed by atoms with Crippen LogP contribution in [0.25, 0.3) is 10.9 Å². The monoisotopic (exact) mass is 413 g/mol. The molecule has 0 fully saturated rings. The van der Waals surface area contributed by atoms with Crippen LogP contribution in [0.4, 0.5) is 3.89 Å². The molecule has 0 atom stereocenters. The highest BCUT2D eigenvalue weighted by molar-refractivity contribution is 9.10. The molecule has 0 N–H and O–H groups in total. The number of esters is 1. The van der Waals surface area contributed by atoms with Crippen molar-refractivity contribution in [3.63, 3.8) is 0 Å². The number of nitrogens with zero attached hydrogens (tertiary/aromatic N) is 1. The fourth-order valence-electron chi connectivity index (χ4n) is 2.26. The van der Waals surface area contributed by atoms with Crippen molar-refractivity contribution >= 4 is 56.7 Å². The van der Waals surface area contributed by atoms with Gasteiger partial charge in [0.2, 0.25) is 0 Å². The van der Waals surface area contributed by atoms with Crippen LogP contribution in [0.3, 0.4) is 0 Å². The lowest BCUT2D eigenvalue weighted by Gasteiger charge is -2.05. The Bertz CT molecular complexity index is 869. The summed E-state index contributed by atoms with van der Waals surface area (Å²) in [6.45, 7) is 0.124. The predicted octanol–water partition coefficient (Wildman–Crippen LogP) is 5.80. The standard InChI is InChI=1S/C16H10BrClFNO2S/c17-11-6-7-13-12(8-11)14(15(18)20(13)23-19)16(21)22-9-10-4-2-1-3-5-10/h1-8H,9H2. The fraction of sp³-hybridized carbons (Fsp3) is 0.0625. The Balaban J connectivity index is 1.96. The van der Waals surface area contributed by atoms with Gasteiger partial charge in [0.15, 0.2) is 12.3 Å². The lowest BCUT2D eigenvalue weighted by atomic mass is 10.2. The zero-order chi connectivity index (χ0) is 16.4. The van der Waals surface area contributed by atoms with Gasteiger partial charge in [0.1, 0.15) is 17.3 Å². The van der Waals surface area contributed by atoms with Crippen LogP contribution in [0.1, 0.15) is 15.9 Å². The maximum absolute atomic E-state index is 13.2. The van der Waals surface area contributed by atoms with E-state index in [1.165, 1.54) is 0 Å². The molecule has 3 rings (SSSR count). The molecule has 0 bridgehead atoms. The summed E-state index contributed by atoms with van der Waals surface area (Å²) in [6, 6.07) is 14.5. The summed E-state index contributed by atoms with van der Waals surface area (Å²) in [7, 11) is 0. The van der Waals surface area contributed by atoms with E-state index in [-0.39, 0.29) is 29.7 Å². The number of carbonyl (C=O) groups is 1. The molecule has 0 aliphatic heterocycles. The van der Waals surface area contributed by atoms with E-state index in [4.69, 9.17) is 16.3 Å². The highest BCUT2D eigenvalue weighted by Gasteiger charge is 2.23. The largest absolute Gasteiger partial charge is 0.457 e. The first-order valence-electron chi connectivity index (χ1n) is 6.61. The van der Waals surface area contributed by atoms with Crippen LogP contribution < -0.4 is 0 Å². The molecule has 0 spiro atoms. The maximum Gasteiger partial charge on any atom is 0.342 e. The van der Waals surface area contributed by atoms with E-state index in [0.717, 1.165) is 14.0 Å². The van der Waals surface area contributed by atoms with Gasteiger partial charge in [-0.15, -0.1) is 3.89 Å². The van der Waals surface area contributed by atoms with Crippen LogP contribution in [0, 0.1) is 0 Å². The molecule has 1 aromatic heterocycles. The number of benzene rings is 2. The quantitative estimate of drug-likeness (QED) is 0.506. The van der Waals surface area contributed by atoms with Crippen LogP contribution in [0.5, 0.6) is 0 Å². The molecule has 7 heteroatoms. The highest BCUT2D eigenvalue weighted by atomic mass is 79.9. The normalized spacial score (nSPS) is 10.9. The minimum atomic E-state index is -0.588. The molecule has 118 valence electrons. The number of halogens is 3. The molecular formula is C16H10BrClFNO2S. The molecule has 0 aliphatic rings. The second-order valence-electron chi connectivity index (χ2n) is 4.75. The van der Waals surface area contributed by atoms with E-state index in [9.17, 15) is 8.68 Å². The van der Waals surface area contributed by atoms with Crippen molar-refractivity contribution in [2.24, 2.45) is 0 Å². The van der Waals surface area contributed by atoms with Gasteiger partial charge < -0.3 is 4.74 Å². The third-order valence-electron chi connectivity index (χ3n) is 3.32. The number of fused-ring (bicyclic) bond motifs is 1. The minimum Gasteiger partial charge on any atom is -0.457 e. The van der Waals surface area contributed by atoms with E-state index < -0.39 is 5.97 Å². The topological polar surface area (TPSA) is 31.2 Å². The Morgan fingerprint density at radius 1 is 1.26 bits per heavy atom. The van der Waals surface area contributed by atoms with Gasteiger partial charge in [-0.3, -0.25) is 0 Å². The Hall–Kier alpha value is -1.50. The molecule has 0 aliphatic carbocycles. The molecule has 23 heavy (non-hydrogen) atoms. The summed E-state index contributed by atoms with van der Waals surface area (Å²) in [5.41, 5.74) is 1.53. The Kier molecular flexibility index (Phi) is 4.94. The molecule has 0 radical (unpaired) electrons. The first kappa shape index (κ1) is 16.4. The minimum absolute atomic E-state index is 0.00339. The van der Waals surface area contributed by atoms with E-state index in [0.29, 0.717) is 10.9 Å². The van der Waals surface area contributed by atoms with Crippen LogP contribution in [0.15, 0.2) is 53.0 Å². The van der Waals surface area contributed by atoms with Gasteiger partial charge in [0, 0.05) is 9.86 Å². The first-order chi connectivity index (χ1) is 11.1. The van der Waals surface area contributed by atoms with Crippen LogP contribution in [0.2, 0.25) is 5.15 Å². The molecule has 0 amide bonds. The number of hydrogen-bond donors (Lipinski definition) is 0. The van der Waals surface area contributed by atoms with Crippen LogP contribution in [-0.4, -0.2) is 9.94 Å². The summed E-state index contributed by atoms with van der Waals surface area (Å²) in [6.07, 6.45) is 0. The third kappa shape index (κ3) is 3.24. The summed E-state index contributed by atoms with van der Waals surface area (Å²) in [5, 5.41) is 0.538. The smallest absolute Gasteiger partial charge is 0.342 e. The number of rotatable bonds is 4. The second-order valence-corrected chi connectivity index (χ2v) is 6.53. The third-order valence-corrected chi connectivity index (χ3v) is 4.79. The molecule has 2 aromatic carbocycles. The van der Waals surface area contributed by atoms with E-state index in [1.807, 2.05) is 30.3 Å². The molecule has 0 unspecified atom stereocenters. The van der Waals surface area contributed by atoms with Gasteiger partial charge in [0.05, 0.1) is 5.52 Å². The molecule has 3 aromatic rings. The van der Waals surface area contributed by atoms with Crippen molar-refractivity contribution in [2.75, 3.05) is 0 Å². The van der Waals surface area contributed by atoms with Crippen molar-refractivity contribution < 1.29 is 13.4 Å². The first-order valence-corrected chi connectivity index (χ1v) is 8.46. The van der Waals surface area contributed by atoms with Crippen molar-refractivity contribution in [1.82, 2.24) is 3.97 Å². The highest BCUT2D eigenvalue weighted by Crippen LogP contribution is 2.36. The van der Waals surface area contributed by atoms with Gasteiger partial charge in [-0.1, -0.05) is 57.9 Å². The number of hydrogen-bond acceptors (Lipinski definition) is 3. The van der Waals surface area contributed by atoms with Crippen molar-refractivity contribution in [2.45, 2.75) is 6.61 Å². The van der Waals surface area contributed by atoms with Crippen molar-refractivity contribution in [3.05, 3.63) is 69.3 Å². The number of ether oxygens (including phenoxy) is 1. The van der Waals surface area contributed by atoms with E-state index in [2.05, 4.69) is 15.9 Å². The molecule has 0 saturated carbocycles. The lowest BCUT2D eigenvalue weighted by molar-refractivity contribution is 0.0475. The lowest BCUT2D eigenvalue weighted by Crippen LogP contribution is -2.05. The van der Waals surface area contributed by atoms with Crippen molar-refractivity contribution in [1.29, 1.82) is 0 Å². The Labute approximate surface area is 149 Å². The molecule has 0 saturated heterocycles. The Morgan fingerprint density at radius 2 is 2.00 bits per heavy atom. The summed E-state index contributed by atoms with van der Waals surface area (Å²) >= 11 is 9.45. The van der Waals surface area contributed by atoms with E-state index >= 15 is 0 Å². The van der Waals surface area contributed by atoms with Gasteiger partial charge in [-0.25, -0.2) is 8.77 Å². The number of carbonyl (C=O) groups excluding carboxylic acids is 1.